The van der Waals surface area contributed by atoms with E-state index in [0.29, 0.717) is 0 Å². The van der Waals surface area contributed by atoms with Crippen molar-refractivity contribution in [1.29, 1.82) is 0 Å². The number of hydrogen-bond acceptors (Lipinski definition) is 14. The van der Waals surface area contributed by atoms with E-state index in [0.717, 1.165) is 17.8 Å². The molecule has 2 aromatic rings. The average molecular weight is 578 g/mol. The Morgan fingerprint density at radius 1 is 1.31 bits per heavy atom. The molecule has 0 amide bonds. The van der Waals surface area contributed by atoms with Crippen LogP contribution in [0.5, 0.6) is 0 Å². The van der Waals surface area contributed by atoms with Crippen LogP contribution in [0, 0.1) is 0 Å². The minimum absolute atomic E-state index is 0.249. The lowest BCUT2D eigenvalue weighted by atomic mass is 9.90. The molecule has 2 aromatic heterocycles. The van der Waals surface area contributed by atoms with Gasteiger partial charge in [0.25, 0.3) is 5.56 Å². The Labute approximate surface area is 197 Å². The van der Waals surface area contributed by atoms with Gasteiger partial charge in [0.05, 0.1) is 12.9 Å². The smallest absolute Gasteiger partial charge is 0.385 e. The van der Waals surface area contributed by atoms with Gasteiger partial charge in [-0.1, -0.05) is 5.11 Å². The number of aliphatic hydroxyl groups excluding tert-OH is 1. The molecule has 0 saturated carbocycles. The van der Waals surface area contributed by atoms with Gasteiger partial charge in [-0.15, -0.1) is 0 Å². The van der Waals surface area contributed by atoms with E-state index in [1.807, 2.05) is 0 Å². The maximum Gasteiger partial charge on any atom is 0.490 e. The molecule has 1 fully saturated rings. The van der Waals surface area contributed by atoms with E-state index < -0.39 is 59.3 Å². The van der Waals surface area contributed by atoms with E-state index in [1.165, 1.54) is 0 Å². The molecule has 3 heterocycles. The molecule has 0 bridgehead atoms. The number of H-pyrrole nitrogens is 1. The van der Waals surface area contributed by atoms with Crippen LogP contribution >= 0.6 is 23.5 Å². The molecule has 9 N–H and O–H groups in total. The van der Waals surface area contributed by atoms with Crippen LogP contribution in [-0.4, -0.2) is 73.3 Å². The van der Waals surface area contributed by atoms with Crippen LogP contribution in [0.3, 0.4) is 0 Å². The van der Waals surface area contributed by atoms with Gasteiger partial charge in [0.15, 0.2) is 17.4 Å². The third-order valence-electron chi connectivity index (χ3n) is 4.72. The van der Waals surface area contributed by atoms with E-state index in [4.69, 9.17) is 25.8 Å². The lowest BCUT2D eigenvalue weighted by Gasteiger charge is -2.34. The summed E-state index contributed by atoms with van der Waals surface area (Å²) >= 11 is 0. The van der Waals surface area contributed by atoms with Gasteiger partial charge in [0.1, 0.15) is 11.7 Å². The van der Waals surface area contributed by atoms with E-state index in [-0.39, 0.29) is 17.1 Å². The zero-order valence-corrected chi connectivity index (χ0v) is 20.2. The summed E-state index contributed by atoms with van der Waals surface area (Å²) in [6.07, 6.45) is -2.83. The zero-order chi connectivity index (χ0) is 27.3. The number of nitrogens with zero attached hydrogens (tertiary/aromatic N) is 6. The van der Waals surface area contributed by atoms with Crippen molar-refractivity contribution in [1.82, 2.24) is 19.5 Å². The standard InChI is InChI=1S/C11H17N8O14P3/c1-10(22)5(20)8(19-3-14-4-6(19)15-9(12)16-7(4)21)31-11(10,17-18-13)2-30-35(26,27)33-36(28,29)32-34(23,24)25/h3,5,8,20,22H,2H2,1H3,(H,26,27)(H,28,29)(H2,23,24,25)(H3,12,15,16,21)/t5-,8+,10+,11+/m0/s1. The number of aromatic amines is 1. The van der Waals surface area contributed by atoms with Gasteiger partial charge in [-0.05, 0) is 12.5 Å². The van der Waals surface area contributed by atoms with Crippen molar-refractivity contribution in [2.45, 2.75) is 30.6 Å². The molecule has 2 unspecified atom stereocenters. The van der Waals surface area contributed by atoms with Crippen LogP contribution in [0.2, 0.25) is 0 Å². The molecule has 200 valence electrons. The van der Waals surface area contributed by atoms with E-state index in [2.05, 4.69) is 38.1 Å². The number of ether oxygens (including phenoxy) is 1. The second-order valence-corrected chi connectivity index (χ2v) is 11.6. The number of aliphatic hydroxyl groups is 2. The third-order valence-corrected chi connectivity index (χ3v) is 8.51. The van der Waals surface area contributed by atoms with E-state index >= 15 is 0 Å². The number of anilines is 1. The molecule has 1 aliphatic rings. The average Bonchev–Trinajstić information content (AvgIpc) is 3.17. The van der Waals surface area contributed by atoms with Gasteiger partial charge in [0, 0.05) is 4.91 Å². The van der Waals surface area contributed by atoms with Gasteiger partial charge < -0.3 is 40.3 Å². The molecular formula is C11H17N8O14P3. The van der Waals surface area contributed by atoms with Crippen molar-refractivity contribution in [2.24, 2.45) is 5.11 Å². The minimum atomic E-state index is -5.89. The zero-order valence-electron chi connectivity index (χ0n) is 17.5. The molecule has 0 spiro atoms. The Kier molecular flexibility index (Phi) is 7.28. The number of fused-ring (bicyclic) bond motifs is 1. The number of aromatic nitrogens is 4. The van der Waals surface area contributed by atoms with Gasteiger partial charge >= 0.3 is 23.5 Å². The Hall–Kier alpha value is -2.25. The first-order valence-corrected chi connectivity index (χ1v) is 13.5. The molecular weight excluding hydrogens is 561 g/mol. The van der Waals surface area contributed by atoms with E-state index in [1.54, 1.807) is 0 Å². The number of phosphoric acid groups is 3. The third kappa shape index (κ3) is 5.52. The Balaban J connectivity index is 1.95. The fourth-order valence-corrected chi connectivity index (χ4v) is 6.14. The number of imidazole rings is 1. The van der Waals surface area contributed by atoms with Crippen molar-refractivity contribution >= 4 is 40.6 Å². The monoisotopic (exact) mass is 578 g/mol. The predicted octanol–water partition coefficient (Wildman–Crippen LogP) is -1.31. The lowest BCUT2D eigenvalue weighted by molar-refractivity contribution is -0.154. The highest BCUT2D eigenvalue weighted by atomic mass is 31.3. The highest BCUT2D eigenvalue weighted by Crippen LogP contribution is 2.66. The van der Waals surface area contributed by atoms with Crippen LogP contribution in [-0.2, 0) is 31.6 Å². The highest BCUT2D eigenvalue weighted by Gasteiger charge is 2.64. The molecule has 0 aliphatic carbocycles. The predicted molar refractivity (Wildman–Crippen MR) is 111 cm³/mol. The molecule has 25 heteroatoms. The highest BCUT2D eigenvalue weighted by molar-refractivity contribution is 7.66. The number of phosphoric ester groups is 1. The van der Waals surface area contributed by atoms with Gasteiger partial charge in [-0.25, -0.2) is 18.7 Å². The normalized spacial score (nSPS) is 30.0. The largest absolute Gasteiger partial charge is 0.490 e. The molecule has 3 rings (SSSR count). The summed E-state index contributed by atoms with van der Waals surface area (Å²) in [7, 11) is -17.3. The second-order valence-electron chi connectivity index (χ2n) is 7.21. The van der Waals surface area contributed by atoms with Crippen LogP contribution in [0.1, 0.15) is 13.2 Å². The number of nitrogens with two attached hydrogens (primary N) is 1. The minimum Gasteiger partial charge on any atom is -0.385 e. The fourth-order valence-electron chi connectivity index (χ4n) is 3.11. The number of hydrogen-bond donors (Lipinski definition) is 8. The van der Waals surface area contributed by atoms with Crippen molar-refractivity contribution < 1.29 is 61.4 Å². The number of nitrogens with one attached hydrogen (secondary N) is 1. The van der Waals surface area contributed by atoms with Crippen LogP contribution < -0.4 is 11.3 Å². The Morgan fingerprint density at radius 3 is 2.53 bits per heavy atom. The number of azide groups is 1. The van der Waals surface area contributed by atoms with Crippen molar-refractivity contribution in [3.05, 3.63) is 27.1 Å². The molecule has 22 nitrogen and oxygen atoms in total. The maximum absolute atomic E-state index is 12.1. The topological polar surface area (TPSA) is 348 Å². The molecule has 1 aliphatic heterocycles. The number of nitrogen functional groups attached to an aromatic ring is 1. The van der Waals surface area contributed by atoms with Crippen molar-refractivity contribution in [3.8, 4) is 0 Å². The van der Waals surface area contributed by atoms with Crippen molar-refractivity contribution in [3.63, 3.8) is 0 Å². The second kappa shape index (κ2) is 9.25. The summed E-state index contributed by atoms with van der Waals surface area (Å²) in [4.78, 5) is 60.4. The summed E-state index contributed by atoms with van der Waals surface area (Å²) < 4.78 is 52.3. The summed E-state index contributed by atoms with van der Waals surface area (Å²) in [5, 5.41) is 24.9. The summed E-state index contributed by atoms with van der Waals surface area (Å²) in [5.74, 6) is -0.359. The number of rotatable bonds is 9. The van der Waals surface area contributed by atoms with Gasteiger partial charge in [-0.3, -0.25) is 18.9 Å². The Morgan fingerprint density at radius 2 is 1.94 bits per heavy atom. The quantitative estimate of drug-likeness (QED) is 0.0740. The van der Waals surface area contributed by atoms with Gasteiger partial charge in [0.2, 0.25) is 11.7 Å². The summed E-state index contributed by atoms with van der Waals surface area (Å²) in [6, 6.07) is 0. The first kappa shape index (κ1) is 28.3. The molecule has 0 aromatic carbocycles. The fraction of sp³-hybridized carbons (Fsp3) is 0.545. The van der Waals surface area contributed by atoms with Crippen LogP contribution in [0.15, 0.2) is 16.2 Å². The molecule has 1 saturated heterocycles. The summed E-state index contributed by atoms with van der Waals surface area (Å²) in [6.45, 7) is -0.593. The van der Waals surface area contributed by atoms with Crippen molar-refractivity contribution in [2.75, 3.05) is 12.3 Å². The van der Waals surface area contributed by atoms with E-state index in [9.17, 15) is 38.5 Å². The molecule has 0 radical (unpaired) electrons. The molecule has 6 atom stereocenters. The first-order valence-electron chi connectivity index (χ1n) is 8.98. The van der Waals surface area contributed by atoms with Crippen LogP contribution in [0.25, 0.3) is 21.6 Å². The lowest BCUT2D eigenvalue weighted by Crippen LogP contribution is -2.55. The molecule has 36 heavy (non-hydrogen) atoms. The van der Waals surface area contributed by atoms with Crippen LogP contribution in [0.4, 0.5) is 5.95 Å². The maximum atomic E-state index is 12.1. The first-order chi connectivity index (χ1) is 16.3. The SMILES string of the molecule is C[C@@]1(O)[C@@H](O)[C@H](n2cnc3c(=O)[nH]c(N)nc32)O[C@@]1(COP(=O)(O)OP(=O)(O)OP(=O)(O)O)N=[N+]=[N-]. The van der Waals surface area contributed by atoms with Gasteiger partial charge in [-0.2, -0.15) is 13.6 Å². The summed E-state index contributed by atoms with van der Waals surface area (Å²) in [5.41, 5.74) is 7.80. The Bertz CT molecular complexity index is 1430.